The van der Waals surface area contributed by atoms with Gasteiger partial charge in [0.15, 0.2) is 0 Å². The lowest BCUT2D eigenvalue weighted by Crippen LogP contribution is -2.29. The molecular formula is C19H29F3O. The van der Waals surface area contributed by atoms with E-state index < -0.39 is 11.7 Å². The molecule has 0 aliphatic carbocycles. The predicted molar refractivity (Wildman–Crippen MR) is 88.6 cm³/mol. The largest absolute Gasteiger partial charge is 0.490 e. The molecule has 0 heterocycles. The topological polar surface area (TPSA) is 9.23 Å². The van der Waals surface area contributed by atoms with Crippen LogP contribution in [0.1, 0.15) is 66.4 Å². The number of hydrogen-bond donors (Lipinski definition) is 0. The van der Waals surface area contributed by atoms with E-state index in [1.54, 1.807) is 0 Å². The Morgan fingerprint density at radius 3 is 1.83 bits per heavy atom. The van der Waals surface area contributed by atoms with Gasteiger partial charge in [0.25, 0.3) is 0 Å². The highest BCUT2D eigenvalue weighted by Gasteiger charge is 2.31. The average molecular weight is 330 g/mol. The van der Waals surface area contributed by atoms with Gasteiger partial charge in [0, 0.05) is 0 Å². The molecule has 0 saturated heterocycles. The van der Waals surface area contributed by atoms with Gasteiger partial charge in [-0.05, 0) is 47.9 Å². The lowest BCUT2D eigenvalue weighted by atomic mass is 9.79. The smallest absolute Gasteiger partial charge is 0.416 e. The third-order valence-corrected chi connectivity index (χ3v) is 4.06. The lowest BCUT2D eigenvalue weighted by Gasteiger charge is -2.33. The van der Waals surface area contributed by atoms with Crippen LogP contribution in [0.25, 0.3) is 0 Å². The maximum atomic E-state index is 12.6. The highest BCUT2D eigenvalue weighted by Crippen LogP contribution is 2.35. The van der Waals surface area contributed by atoms with Gasteiger partial charge in [-0.15, -0.1) is 0 Å². The van der Waals surface area contributed by atoms with Gasteiger partial charge in [0.2, 0.25) is 0 Å². The summed E-state index contributed by atoms with van der Waals surface area (Å²) >= 11 is 0. The Labute approximate surface area is 138 Å². The first-order chi connectivity index (χ1) is 10.3. The van der Waals surface area contributed by atoms with Gasteiger partial charge in [-0.3, -0.25) is 0 Å². The Morgan fingerprint density at radius 1 is 0.913 bits per heavy atom. The van der Waals surface area contributed by atoms with Gasteiger partial charge < -0.3 is 4.74 Å². The second-order valence-corrected chi connectivity index (χ2v) is 8.25. The molecule has 0 aromatic heterocycles. The summed E-state index contributed by atoms with van der Waals surface area (Å²) in [4.78, 5) is 0. The predicted octanol–water partition coefficient (Wildman–Crippen LogP) is 6.72. The zero-order valence-electron chi connectivity index (χ0n) is 15.1. The molecule has 1 atom stereocenters. The van der Waals surface area contributed by atoms with E-state index in [0.29, 0.717) is 5.75 Å². The van der Waals surface area contributed by atoms with Crippen molar-refractivity contribution in [2.75, 3.05) is 0 Å². The van der Waals surface area contributed by atoms with Gasteiger partial charge in [0.1, 0.15) is 5.75 Å². The summed E-state index contributed by atoms with van der Waals surface area (Å²) in [5, 5.41) is 0. The van der Waals surface area contributed by atoms with Crippen LogP contribution in [0.15, 0.2) is 24.3 Å². The van der Waals surface area contributed by atoms with Crippen LogP contribution in [0.2, 0.25) is 0 Å². The summed E-state index contributed by atoms with van der Waals surface area (Å²) in [5.41, 5.74) is -0.409. The minimum absolute atomic E-state index is 0.0123. The van der Waals surface area contributed by atoms with Crippen molar-refractivity contribution in [3.63, 3.8) is 0 Å². The van der Waals surface area contributed by atoms with E-state index in [9.17, 15) is 13.2 Å². The molecule has 0 saturated carbocycles. The number of benzene rings is 1. The van der Waals surface area contributed by atoms with Gasteiger partial charge in [0.05, 0.1) is 11.7 Å². The van der Waals surface area contributed by atoms with Crippen LogP contribution in [0, 0.1) is 10.8 Å². The third kappa shape index (κ3) is 7.28. The van der Waals surface area contributed by atoms with Crippen LogP contribution in [-0.4, -0.2) is 6.10 Å². The molecule has 1 rings (SSSR count). The number of rotatable bonds is 6. The summed E-state index contributed by atoms with van der Waals surface area (Å²) in [6.07, 6.45) is -1.56. The van der Waals surface area contributed by atoms with Crippen LogP contribution < -0.4 is 4.74 Å². The van der Waals surface area contributed by atoms with E-state index in [1.807, 2.05) is 0 Å². The Morgan fingerprint density at radius 2 is 1.43 bits per heavy atom. The molecule has 0 aliphatic rings. The lowest BCUT2D eigenvalue weighted by molar-refractivity contribution is -0.137. The summed E-state index contributed by atoms with van der Waals surface area (Å²) in [6, 6.07) is 4.98. The van der Waals surface area contributed by atoms with Gasteiger partial charge in [-0.1, -0.05) is 48.0 Å². The second kappa shape index (κ2) is 7.14. The highest BCUT2D eigenvalue weighted by atomic mass is 19.4. The van der Waals surface area contributed by atoms with Crippen LogP contribution in [0.4, 0.5) is 13.2 Å². The minimum atomic E-state index is -4.31. The fourth-order valence-electron chi connectivity index (χ4n) is 2.51. The molecule has 0 bridgehead atoms. The van der Waals surface area contributed by atoms with Crippen molar-refractivity contribution >= 4 is 0 Å². The van der Waals surface area contributed by atoms with E-state index in [-0.39, 0.29) is 16.9 Å². The number of halogens is 3. The van der Waals surface area contributed by atoms with Crippen molar-refractivity contribution < 1.29 is 17.9 Å². The van der Waals surface area contributed by atoms with Gasteiger partial charge in [-0.25, -0.2) is 0 Å². The van der Waals surface area contributed by atoms with E-state index >= 15 is 0 Å². The van der Waals surface area contributed by atoms with Gasteiger partial charge in [-0.2, -0.15) is 13.2 Å². The van der Waals surface area contributed by atoms with Crippen LogP contribution in [-0.2, 0) is 6.18 Å². The standard InChI is InChI=1S/C19H29F3O/c1-7-18(5,6)13-16(12-17(2,3)4)23-15-10-8-14(9-11-15)19(20,21)22/h8-11,16H,7,12-13H2,1-6H3. The van der Waals surface area contributed by atoms with E-state index in [4.69, 9.17) is 4.74 Å². The van der Waals surface area contributed by atoms with Crippen LogP contribution in [0.5, 0.6) is 5.75 Å². The average Bonchev–Trinajstić information content (AvgIpc) is 2.35. The van der Waals surface area contributed by atoms with Crippen LogP contribution in [0.3, 0.4) is 0 Å². The number of hydrogen-bond acceptors (Lipinski definition) is 1. The zero-order valence-corrected chi connectivity index (χ0v) is 15.1. The Hall–Kier alpha value is -1.19. The fourth-order valence-corrected chi connectivity index (χ4v) is 2.51. The van der Waals surface area contributed by atoms with Crippen molar-refractivity contribution in [1.82, 2.24) is 0 Å². The molecule has 23 heavy (non-hydrogen) atoms. The normalized spacial score (nSPS) is 14.7. The maximum absolute atomic E-state index is 12.6. The molecule has 1 nitrogen and oxygen atoms in total. The molecule has 0 fully saturated rings. The van der Waals surface area contributed by atoms with E-state index in [0.717, 1.165) is 31.4 Å². The molecule has 4 heteroatoms. The first-order valence-corrected chi connectivity index (χ1v) is 8.16. The zero-order chi connectivity index (χ0) is 17.9. The van der Waals surface area contributed by atoms with Gasteiger partial charge >= 0.3 is 6.18 Å². The number of alkyl halides is 3. The molecule has 0 N–H and O–H groups in total. The number of ether oxygens (including phenoxy) is 1. The maximum Gasteiger partial charge on any atom is 0.416 e. The fraction of sp³-hybridized carbons (Fsp3) is 0.684. The van der Waals surface area contributed by atoms with Crippen molar-refractivity contribution in [3.8, 4) is 5.75 Å². The van der Waals surface area contributed by atoms with E-state index in [1.165, 1.54) is 12.1 Å². The Kier molecular flexibility index (Phi) is 6.17. The minimum Gasteiger partial charge on any atom is -0.490 e. The Bertz CT molecular complexity index is 481. The summed E-state index contributed by atoms with van der Waals surface area (Å²) in [7, 11) is 0. The summed E-state index contributed by atoms with van der Waals surface area (Å²) < 4.78 is 43.9. The first-order valence-electron chi connectivity index (χ1n) is 8.16. The monoisotopic (exact) mass is 330 g/mol. The Balaban J connectivity index is 2.88. The van der Waals surface area contributed by atoms with Crippen molar-refractivity contribution in [2.45, 2.75) is 73.1 Å². The first kappa shape index (κ1) is 19.9. The highest BCUT2D eigenvalue weighted by molar-refractivity contribution is 5.29. The SMILES string of the molecule is CCC(C)(C)CC(CC(C)(C)C)Oc1ccc(C(F)(F)F)cc1. The molecule has 1 aromatic carbocycles. The van der Waals surface area contributed by atoms with Crippen molar-refractivity contribution in [3.05, 3.63) is 29.8 Å². The third-order valence-electron chi connectivity index (χ3n) is 4.06. The molecule has 0 aliphatic heterocycles. The van der Waals surface area contributed by atoms with E-state index in [2.05, 4.69) is 41.5 Å². The van der Waals surface area contributed by atoms with Crippen LogP contribution >= 0.6 is 0 Å². The molecule has 1 unspecified atom stereocenters. The second-order valence-electron chi connectivity index (χ2n) is 8.25. The van der Waals surface area contributed by atoms with Crippen molar-refractivity contribution in [2.24, 2.45) is 10.8 Å². The molecule has 0 radical (unpaired) electrons. The molecule has 1 aromatic rings. The quantitative estimate of drug-likeness (QED) is 0.563. The molecular weight excluding hydrogens is 301 g/mol. The molecule has 0 spiro atoms. The van der Waals surface area contributed by atoms with Crippen molar-refractivity contribution in [1.29, 1.82) is 0 Å². The summed E-state index contributed by atoms with van der Waals surface area (Å²) in [5.74, 6) is 0.499. The molecule has 0 amide bonds. The summed E-state index contributed by atoms with van der Waals surface area (Å²) in [6.45, 7) is 13.0. The molecule has 132 valence electrons.